The first-order chi connectivity index (χ1) is 12.0. The first-order valence-corrected chi connectivity index (χ1v) is 9.26. The van der Waals surface area contributed by atoms with Gasteiger partial charge in [-0.1, -0.05) is 20.8 Å². The van der Waals surface area contributed by atoms with Crippen LogP contribution in [0.5, 0.6) is 0 Å². The van der Waals surface area contributed by atoms with Gasteiger partial charge in [0, 0.05) is 38.4 Å². The number of aliphatic hydroxyl groups excluding tert-OH is 1. The van der Waals surface area contributed by atoms with Crippen molar-refractivity contribution < 1.29 is 34.0 Å². The van der Waals surface area contributed by atoms with E-state index in [1.165, 1.54) is 14.0 Å². The SMILES string of the molecule is CO[C@H]1O[C@@H](OC)[C@@]2(C)[C@H](OC(C)=O)C(C)(C)[C@@H]3[C@@H](O)C[C@@H](C)[C@H]1[C@@]32O. The number of carbonyl (C=O) groups is 1. The zero-order valence-electron chi connectivity index (χ0n) is 16.7. The van der Waals surface area contributed by atoms with Crippen LogP contribution in [0.3, 0.4) is 0 Å². The van der Waals surface area contributed by atoms with Crippen molar-refractivity contribution in [3.05, 3.63) is 0 Å². The fraction of sp³-hybridized carbons (Fsp3) is 0.947. The van der Waals surface area contributed by atoms with Crippen LogP contribution in [0.1, 0.15) is 41.0 Å². The van der Waals surface area contributed by atoms with Crippen molar-refractivity contribution in [1.82, 2.24) is 0 Å². The van der Waals surface area contributed by atoms with Gasteiger partial charge in [0.25, 0.3) is 0 Å². The van der Waals surface area contributed by atoms with E-state index >= 15 is 0 Å². The van der Waals surface area contributed by atoms with Crippen molar-refractivity contribution in [3.8, 4) is 0 Å². The van der Waals surface area contributed by atoms with Crippen molar-refractivity contribution in [2.45, 2.75) is 71.4 Å². The standard InChI is InChI=1S/C19H32O7/c1-9-8-11(21)13-17(3,4)15(25-10(2)20)18(5)16(24-7)26-14(23-6)12(9)19(13,18)22/h9,11-16,21-22H,8H2,1-7H3/t9-,11+,12-,13+,14+,15-,16-,18-,19-/m1/s1. The zero-order valence-corrected chi connectivity index (χ0v) is 16.7. The summed E-state index contributed by atoms with van der Waals surface area (Å²) in [4.78, 5) is 11.9. The molecule has 3 fully saturated rings. The molecule has 2 saturated carbocycles. The third-order valence-electron chi connectivity index (χ3n) is 7.25. The predicted octanol–water partition coefficient (Wildman–Crippen LogP) is 1.30. The second kappa shape index (κ2) is 6.14. The molecule has 0 aromatic rings. The third-order valence-corrected chi connectivity index (χ3v) is 7.25. The lowest BCUT2D eigenvalue weighted by atomic mass is 9.54. The summed E-state index contributed by atoms with van der Waals surface area (Å²) in [5, 5.41) is 23.2. The van der Waals surface area contributed by atoms with Crippen LogP contribution in [-0.2, 0) is 23.7 Å². The van der Waals surface area contributed by atoms with Gasteiger partial charge in [0.1, 0.15) is 6.10 Å². The highest BCUT2D eigenvalue weighted by molar-refractivity contribution is 5.66. The molecular formula is C19H32O7. The van der Waals surface area contributed by atoms with E-state index in [0.717, 1.165) is 0 Å². The van der Waals surface area contributed by atoms with Crippen molar-refractivity contribution >= 4 is 5.97 Å². The van der Waals surface area contributed by atoms with Gasteiger partial charge in [0.2, 0.25) is 0 Å². The molecule has 2 aliphatic carbocycles. The smallest absolute Gasteiger partial charge is 0.302 e. The predicted molar refractivity (Wildman–Crippen MR) is 91.8 cm³/mol. The Labute approximate surface area is 154 Å². The Balaban J connectivity index is 2.26. The maximum Gasteiger partial charge on any atom is 0.302 e. The second-order valence-electron chi connectivity index (χ2n) is 9.01. The molecule has 2 N–H and O–H groups in total. The summed E-state index contributed by atoms with van der Waals surface area (Å²) in [5.41, 5.74) is -3.13. The number of ether oxygens (including phenoxy) is 4. The minimum Gasteiger partial charge on any atom is -0.461 e. The minimum atomic E-state index is -1.38. The Hall–Kier alpha value is -0.730. The Kier molecular flexibility index (Phi) is 4.73. The van der Waals surface area contributed by atoms with Crippen molar-refractivity contribution in [2.24, 2.45) is 28.6 Å². The number of hydrogen-bond acceptors (Lipinski definition) is 7. The number of carbonyl (C=O) groups excluding carboxylic acids is 1. The topological polar surface area (TPSA) is 94.5 Å². The van der Waals surface area contributed by atoms with Crippen molar-refractivity contribution in [2.75, 3.05) is 14.2 Å². The van der Waals surface area contributed by atoms with Crippen LogP contribution in [0.25, 0.3) is 0 Å². The largest absolute Gasteiger partial charge is 0.461 e. The highest BCUT2D eigenvalue weighted by atomic mass is 16.8. The quantitative estimate of drug-likeness (QED) is 0.721. The highest BCUT2D eigenvalue weighted by Crippen LogP contribution is 2.71. The van der Waals surface area contributed by atoms with Crippen molar-refractivity contribution in [3.63, 3.8) is 0 Å². The molecule has 1 heterocycles. The third kappa shape index (κ3) is 2.21. The first kappa shape index (κ1) is 20.0. The van der Waals surface area contributed by atoms with Gasteiger partial charge in [-0.3, -0.25) is 4.79 Å². The summed E-state index contributed by atoms with van der Waals surface area (Å²) in [6.45, 7) is 9.03. The number of methoxy groups -OCH3 is 2. The summed E-state index contributed by atoms with van der Waals surface area (Å²) in [6.07, 6.45) is -2.41. The fourth-order valence-corrected chi connectivity index (χ4v) is 6.58. The van der Waals surface area contributed by atoms with Gasteiger partial charge in [-0.15, -0.1) is 0 Å². The highest BCUT2D eigenvalue weighted by Gasteiger charge is 2.82. The lowest BCUT2D eigenvalue weighted by molar-refractivity contribution is -0.396. The number of rotatable bonds is 3. The summed E-state index contributed by atoms with van der Waals surface area (Å²) in [6, 6.07) is 0. The summed E-state index contributed by atoms with van der Waals surface area (Å²) >= 11 is 0. The van der Waals surface area contributed by atoms with Crippen LogP contribution in [0.4, 0.5) is 0 Å². The molecule has 0 spiro atoms. The fourth-order valence-electron chi connectivity index (χ4n) is 6.58. The number of aliphatic hydroxyl groups is 2. The molecule has 7 heteroatoms. The molecule has 0 unspecified atom stereocenters. The van der Waals surface area contributed by atoms with Crippen LogP contribution in [0.15, 0.2) is 0 Å². The van der Waals surface area contributed by atoms with E-state index in [9.17, 15) is 15.0 Å². The van der Waals surface area contributed by atoms with Gasteiger partial charge in [0.05, 0.1) is 17.1 Å². The normalized spacial score (nSPS) is 52.4. The zero-order chi connectivity index (χ0) is 19.7. The molecule has 0 aromatic carbocycles. The minimum absolute atomic E-state index is 0.0415. The van der Waals surface area contributed by atoms with Crippen LogP contribution in [0, 0.1) is 28.6 Å². The molecule has 0 aromatic heterocycles. The van der Waals surface area contributed by atoms with Crippen molar-refractivity contribution in [1.29, 1.82) is 0 Å². The van der Waals surface area contributed by atoms with Crippen LogP contribution < -0.4 is 0 Å². The second-order valence-corrected chi connectivity index (χ2v) is 9.01. The Morgan fingerprint density at radius 1 is 1.19 bits per heavy atom. The lowest BCUT2D eigenvalue weighted by Gasteiger charge is -2.61. The molecule has 26 heavy (non-hydrogen) atoms. The molecule has 0 bridgehead atoms. The molecular weight excluding hydrogens is 340 g/mol. The summed E-state index contributed by atoms with van der Waals surface area (Å²) in [5.74, 6) is -1.36. The molecule has 0 amide bonds. The Morgan fingerprint density at radius 2 is 1.81 bits per heavy atom. The maximum absolute atomic E-state index is 12.2. The van der Waals surface area contributed by atoms with E-state index < -0.39 is 53.1 Å². The Bertz CT molecular complexity index is 578. The average molecular weight is 372 g/mol. The summed E-state index contributed by atoms with van der Waals surface area (Å²) < 4.78 is 23.0. The first-order valence-electron chi connectivity index (χ1n) is 9.26. The molecule has 150 valence electrons. The van der Waals surface area contributed by atoms with E-state index in [1.54, 1.807) is 7.11 Å². The average Bonchev–Trinajstić information content (AvgIpc) is 2.66. The molecule has 3 rings (SSSR count). The van der Waals surface area contributed by atoms with E-state index in [4.69, 9.17) is 18.9 Å². The van der Waals surface area contributed by atoms with Gasteiger partial charge >= 0.3 is 5.97 Å². The monoisotopic (exact) mass is 372 g/mol. The molecule has 1 aliphatic heterocycles. The van der Waals surface area contributed by atoms with Gasteiger partial charge in [-0.05, 0) is 19.3 Å². The molecule has 3 aliphatic rings. The molecule has 9 atom stereocenters. The van der Waals surface area contributed by atoms with Gasteiger partial charge in [-0.2, -0.15) is 0 Å². The molecule has 1 saturated heterocycles. The maximum atomic E-state index is 12.2. The van der Waals surface area contributed by atoms with Gasteiger partial charge in [0.15, 0.2) is 12.6 Å². The van der Waals surface area contributed by atoms with E-state index in [1.807, 2.05) is 27.7 Å². The van der Waals surface area contributed by atoms with Gasteiger partial charge < -0.3 is 29.2 Å². The summed E-state index contributed by atoms with van der Waals surface area (Å²) in [7, 11) is 3.04. The van der Waals surface area contributed by atoms with Crippen LogP contribution in [0.2, 0.25) is 0 Å². The molecule has 0 radical (unpaired) electrons. The number of esters is 1. The molecule has 7 nitrogen and oxygen atoms in total. The Morgan fingerprint density at radius 3 is 2.31 bits per heavy atom. The van der Waals surface area contributed by atoms with E-state index in [0.29, 0.717) is 6.42 Å². The van der Waals surface area contributed by atoms with Crippen LogP contribution >= 0.6 is 0 Å². The van der Waals surface area contributed by atoms with Crippen LogP contribution in [-0.4, -0.2) is 60.8 Å². The lowest BCUT2D eigenvalue weighted by Crippen LogP contribution is -2.72. The van der Waals surface area contributed by atoms with E-state index in [-0.39, 0.29) is 11.8 Å². The van der Waals surface area contributed by atoms with Gasteiger partial charge in [-0.25, -0.2) is 0 Å². The number of hydrogen-bond donors (Lipinski definition) is 2. The van der Waals surface area contributed by atoms with E-state index in [2.05, 4.69) is 0 Å².